The maximum atomic E-state index is 12.0. The van der Waals surface area contributed by atoms with Gasteiger partial charge >= 0.3 is 0 Å². The molecule has 0 saturated carbocycles. The lowest BCUT2D eigenvalue weighted by Gasteiger charge is -2.43. The van der Waals surface area contributed by atoms with Gasteiger partial charge in [-0.2, -0.15) is 5.10 Å². The number of aryl methyl sites for hydroxylation is 1. The van der Waals surface area contributed by atoms with Crippen LogP contribution >= 0.6 is 15.9 Å². The van der Waals surface area contributed by atoms with Crippen LogP contribution in [0.25, 0.3) is 5.57 Å². The number of hydrazone groups is 1. The lowest BCUT2D eigenvalue weighted by Crippen LogP contribution is -2.45. The van der Waals surface area contributed by atoms with Crippen molar-refractivity contribution in [3.8, 4) is 5.75 Å². The summed E-state index contributed by atoms with van der Waals surface area (Å²) in [4.78, 5) is 14.4. The van der Waals surface area contributed by atoms with Gasteiger partial charge in [-0.05, 0) is 87.7 Å². The van der Waals surface area contributed by atoms with Crippen LogP contribution in [0.15, 0.2) is 52.0 Å². The Morgan fingerprint density at radius 1 is 1.23 bits per heavy atom. The molecule has 30 heavy (non-hydrogen) atoms. The summed E-state index contributed by atoms with van der Waals surface area (Å²) in [5.41, 5.74) is 8.30. The molecule has 0 radical (unpaired) electrons. The van der Waals surface area contributed by atoms with E-state index in [0.717, 1.165) is 22.1 Å². The summed E-state index contributed by atoms with van der Waals surface area (Å²) in [5.74, 6) is 0.327. The number of fused-ring (bicyclic) bond motifs is 1. The summed E-state index contributed by atoms with van der Waals surface area (Å²) in [5, 5.41) is 4.13. The van der Waals surface area contributed by atoms with Crippen LogP contribution in [0.5, 0.6) is 5.75 Å². The molecule has 0 spiro atoms. The van der Waals surface area contributed by atoms with Crippen molar-refractivity contribution >= 4 is 39.3 Å². The molecule has 0 fully saturated rings. The zero-order valence-corrected chi connectivity index (χ0v) is 19.7. The van der Waals surface area contributed by atoms with Crippen LogP contribution in [0.1, 0.15) is 44.4 Å². The lowest BCUT2D eigenvalue weighted by molar-refractivity contribution is -0.123. The topological polar surface area (TPSA) is 53.9 Å². The fraction of sp³-hybridized carbons (Fsp3) is 0.333. The minimum absolute atomic E-state index is 0.0172. The Morgan fingerprint density at radius 2 is 1.93 bits per heavy atom. The average molecular weight is 470 g/mol. The minimum atomic E-state index is -0.306. The van der Waals surface area contributed by atoms with E-state index in [1.165, 1.54) is 16.8 Å². The van der Waals surface area contributed by atoms with Crippen LogP contribution in [0.2, 0.25) is 0 Å². The van der Waals surface area contributed by atoms with Crippen molar-refractivity contribution in [1.29, 1.82) is 0 Å². The van der Waals surface area contributed by atoms with Gasteiger partial charge in [0.05, 0.1) is 11.8 Å². The zero-order valence-electron chi connectivity index (χ0n) is 18.1. The Labute approximate surface area is 186 Å². The number of anilines is 1. The van der Waals surface area contributed by atoms with E-state index >= 15 is 0 Å². The van der Waals surface area contributed by atoms with Crippen LogP contribution in [0, 0.1) is 6.92 Å². The fourth-order valence-electron chi connectivity index (χ4n) is 3.85. The summed E-state index contributed by atoms with van der Waals surface area (Å²) in [6, 6.07) is 11.7. The third kappa shape index (κ3) is 4.93. The quantitative estimate of drug-likeness (QED) is 0.460. The number of amides is 1. The molecule has 1 heterocycles. The number of carbonyl (C=O) groups excluding carboxylic acids is 1. The largest absolute Gasteiger partial charge is 0.484 e. The number of nitrogens with zero attached hydrogens (tertiary/aromatic N) is 2. The molecule has 2 aromatic rings. The lowest BCUT2D eigenvalue weighted by atomic mass is 9.87. The van der Waals surface area contributed by atoms with Gasteiger partial charge in [0.15, 0.2) is 6.61 Å². The van der Waals surface area contributed by atoms with Crippen molar-refractivity contribution in [2.24, 2.45) is 5.10 Å². The smallest absolute Gasteiger partial charge is 0.277 e. The summed E-state index contributed by atoms with van der Waals surface area (Å²) in [7, 11) is 0. The van der Waals surface area contributed by atoms with Crippen LogP contribution in [-0.4, -0.2) is 30.8 Å². The molecule has 5 nitrogen and oxygen atoms in total. The van der Waals surface area contributed by atoms with E-state index in [-0.39, 0.29) is 18.1 Å². The van der Waals surface area contributed by atoms with E-state index in [1.54, 1.807) is 18.3 Å². The fourth-order valence-corrected chi connectivity index (χ4v) is 4.11. The van der Waals surface area contributed by atoms with Crippen molar-refractivity contribution in [2.75, 3.05) is 18.1 Å². The third-order valence-electron chi connectivity index (χ3n) is 5.26. The number of benzene rings is 2. The van der Waals surface area contributed by atoms with Crippen LogP contribution in [0.3, 0.4) is 0 Å². The maximum Gasteiger partial charge on any atom is 0.277 e. The number of ether oxygens (including phenoxy) is 1. The van der Waals surface area contributed by atoms with E-state index in [2.05, 4.69) is 84.2 Å². The van der Waals surface area contributed by atoms with E-state index in [1.807, 2.05) is 12.1 Å². The number of hydrogen-bond donors (Lipinski definition) is 1. The summed E-state index contributed by atoms with van der Waals surface area (Å²) < 4.78 is 6.42. The van der Waals surface area contributed by atoms with Gasteiger partial charge in [0.1, 0.15) is 5.75 Å². The Bertz CT molecular complexity index is 994. The second-order valence-electron chi connectivity index (χ2n) is 7.99. The van der Waals surface area contributed by atoms with Gasteiger partial charge in [-0.3, -0.25) is 4.79 Å². The first-order valence-corrected chi connectivity index (χ1v) is 10.8. The number of halogens is 1. The van der Waals surface area contributed by atoms with Crippen LogP contribution < -0.4 is 15.1 Å². The second kappa shape index (κ2) is 9.04. The molecule has 0 atom stereocenters. The number of allylic oxidation sites excluding steroid dienone is 1. The number of rotatable bonds is 6. The molecule has 0 bridgehead atoms. The molecule has 1 aliphatic rings. The van der Waals surface area contributed by atoms with Gasteiger partial charge in [-0.15, -0.1) is 0 Å². The van der Waals surface area contributed by atoms with Gasteiger partial charge in [0.25, 0.3) is 5.91 Å². The maximum absolute atomic E-state index is 12.0. The van der Waals surface area contributed by atoms with Crippen molar-refractivity contribution in [2.45, 2.75) is 40.2 Å². The Balaban J connectivity index is 1.68. The molecular formula is C24H28BrN3O2. The molecule has 6 heteroatoms. The van der Waals surface area contributed by atoms with Crippen molar-refractivity contribution in [1.82, 2.24) is 5.43 Å². The SMILES string of the molecule is CCN1c2cc(C)c(/C=N/NC(=O)COc3ccc(Br)cc3)cc2C(C)=CC1(C)C. The van der Waals surface area contributed by atoms with Crippen LogP contribution in [0.4, 0.5) is 5.69 Å². The highest BCUT2D eigenvalue weighted by molar-refractivity contribution is 9.10. The van der Waals surface area contributed by atoms with Crippen molar-refractivity contribution in [3.05, 3.63) is 63.6 Å². The minimum Gasteiger partial charge on any atom is -0.484 e. The average Bonchev–Trinajstić information content (AvgIpc) is 2.68. The molecular weight excluding hydrogens is 442 g/mol. The standard InChI is InChI=1S/C24H28BrN3O2/c1-6-28-22-11-16(2)18(12-21(22)17(3)13-24(28,4)5)14-26-27-23(29)15-30-20-9-7-19(25)8-10-20/h7-14H,6,15H2,1-5H3,(H,27,29)/b26-14+. The molecule has 0 saturated heterocycles. The highest BCUT2D eigenvalue weighted by Crippen LogP contribution is 2.39. The summed E-state index contributed by atoms with van der Waals surface area (Å²) in [6.45, 7) is 11.7. The van der Waals surface area contributed by atoms with Gasteiger partial charge in [-0.25, -0.2) is 5.43 Å². The summed E-state index contributed by atoms with van der Waals surface area (Å²) >= 11 is 3.37. The predicted octanol–water partition coefficient (Wildman–Crippen LogP) is 5.31. The van der Waals surface area contributed by atoms with Gasteiger partial charge in [0, 0.05) is 22.3 Å². The number of hydrogen-bond acceptors (Lipinski definition) is 4. The number of carbonyl (C=O) groups is 1. The van der Waals surface area contributed by atoms with E-state index in [4.69, 9.17) is 4.74 Å². The first-order valence-electron chi connectivity index (χ1n) is 10.0. The first-order chi connectivity index (χ1) is 14.2. The van der Waals surface area contributed by atoms with Crippen molar-refractivity contribution in [3.63, 3.8) is 0 Å². The van der Waals surface area contributed by atoms with E-state index in [0.29, 0.717) is 5.75 Å². The second-order valence-corrected chi connectivity index (χ2v) is 8.90. The monoisotopic (exact) mass is 469 g/mol. The predicted molar refractivity (Wildman–Crippen MR) is 127 cm³/mol. The molecule has 158 valence electrons. The highest BCUT2D eigenvalue weighted by Gasteiger charge is 2.30. The molecule has 1 N–H and O–H groups in total. The Morgan fingerprint density at radius 3 is 2.60 bits per heavy atom. The molecule has 1 amide bonds. The molecule has 0 aliphatic carbocycles. The zero-order chi connectivity index (χ0) is 21.9. The van der Waals surface area contributed by atoms with Crippen molar-refractivity contribution < 1.29 is 9.53 Å². The molecule has 0 unspecified atom stereocenters. The van der Waals surface area contributed by atoms with E-state index < -0.39 is 0 Å². The van der Waals surface area contributed by atoms with E-state index in [9.17, 15) is 4.79 Å². The molecule has 3 rings (SSSR count). The first kappa shape index (κ1) is 22.1. The van der Waals surface area contributed by atoms with Gasteiger partial charge in [-0.1, -0.05) is 22.0 Å². The normalized spacial score (nSPS) is 15.0. The highest BCUT2D eigenvalue weighted by atomic mass is 79.9. The molecule has 2 aromatic carbocycles. The van der Waals surface area contributed by atoms with Crippen LogP contribution in [-0.2, 0) is 4.79 Å². The Hall–Kier alpha value is -2.60. The molecule has 1 aliphatic heterocycles. The summed E-state index contributed by atoms with van der Waals surface area (Å²) in [6.07, 6.45) is 3.99. The number of nitrogens with one attached hydrogen (secondary N) is 1. The number of likely N-dealkylation sites (N-methyl/N-ethyl adjacent to an activating group) is 1. The van der Waals surface area contributed by atoms with Gasteiger partial charge in [0.2, 0.25) is 0 Å². The molecule has 0 aromatic heterocycles. The Kier molecular flexibility index (Phi) is 6.66. The third-order valence-corrected chi connectivity index (χ3v) is 5.79. The van der Waals surface area contributed by atoms with Gasteiger partial charge < -0.3 is 9.64 Å².